The van der Waals surface area contributed by atoms with Gasteiger partial charge in [-0.3, -0.25) is 0 Å². The Morgan fingerprint density at radius 1 is 1.14 bits per heavy atom. The highest BCUT2D eigenvalue weighted by atomic mass is 19.2. The Kier molecular flexibility index (Phi) is 4.57. The van der Waals surface area contributed by atoms with Crippen LogP contribution in [0.4, 0.5) is 14.5 Å². The predicted octanol–water partition coefficient (Wildman–Crippen LogP) is 3.77. The summed E-state index contributed by atoms with van der Waals surface area (Å²) in [6.45, 7) is 4.46. The molecular formula is C15H16F2N2O2. The highest BCUT2D eigenvalue weighted by molar-refractivity contribution is 5.49. The zero-order valence-corrected chi connectivity index (χ0v) is 11.8. The second-order valence-electron chi connectivity index (χ2n) is 4.93. The molecule has 1 aromatic heterocycles. The van der Waals surface area contributed by atoms with E-state index in [-0.39, 0.29) is 17.5 Å². The van der Waals surface area contributed by atoms with Gasteiger partial charge in [0.1, 0.15) is 5.75 Å². The number of nitrogens with two attached hydrogens (primary N) is 1. The number of nitrogens with zero attached hydrogens (tertiary/aromatic N) is 1. The fourth-order valence-electron chi connectivity index (χ4n) is 1.51. The van der Waals surface area contributed by atoms with Crippen molar-refractivity contribution in [1.82, 2.24) is 4.98 Å². The Labute approximate surface area is 121 Å². The van der Waals surface area contributed by atoms with Crippen LogP contribution in [0.1, 0.15) is 13.8 Å². The number of rotatable bonds is 5. The van der Waals surface area contributed by atoms with E-state index in [2.05, 4.69) is 4.98 Å². The first-order valence-electron chi connectivity index (χ1n) is 6.48. The molecule has 4 nitrogen and oxygen atoms in total. The molecule has 0 saturated heterocycles. The number of aromatic nitrogens is 1. The van der Waals surface area contributed by atoms with E-state index in [1.165, 1.54) is 12.1 Å². The van der Waals surface area contributed by atoms with Crippen LogP contribution in [0.25, 0.3) is 0 Å². The van der Waals surface area contributed by atoms with Gasteiger partial charge in [-0.15, -0.1) is 0 Å². The number of nitrogen functional groups attached to an aromatic ring is 1. The van der Waals surface area contributed by atoms with E-state index in [9.17, 15) is 8.78 Å². The van der Waals surface area contributed by atoms with Crippen molar-refractivity contribution >= 4 is 5.69 Å². The third-order valence-corrected chi connectivity index (χ3v) is 2.53. The van der Waals surface area contributed by atoms with Crippen LogP contribution in [0.5, 0.6) is 17.5 Å². The summed E-state index contributed by atoms with van der Waals surface area (Å²) in [6.07, 6.45) is 0. The van der Waals surface area contributed by atoms with Crippen molar-refractivity contribution in [2.45, 2.75) is 13.8 Å². The van der Waals surface area contributed by atoms with Crippen LogP contribution in [-0.4, -0.2) is 11.6 Å². The smallest absolute Gasteiger partial charge is 0.240 e. The molecule has 0 atom stereocenters. The van der Waals surface area contributed by atoms with E-state index in [0.717, 1.165) is 12.1 Å². The van der Waals surface area contributed by atoms with Crippen molar-refractivity contribution in [2.24, 2.45) is 5.92 Å². The van der Waals surface area contributed by atoms with Crippen LogP contribution in [0.2, 0.25) is 0 Å². The Hall–Kier alpha value is -2.37. The lowest BCUT2D eigenvalue weighted by Gasteiger charge is -2.11. The summed E-state index contributed by atoms with van der Waals surface area (Å²) in [6, 6.07) is 6.35. The summed E-state index contributed by atoms with van der Waals surface area (Å²) < 4.78 is 36.8. The van der Waals surface area contributed by atoms with Crippen LogP contribution in [0, 0.1) is 17.6 Å². The second-order valence-corrected chi connectivity index (χ2v) is 4.93. The van der Waals surface area contributed by atoms with Gasteiger partial charge in [0.15, 0.2) is 11.6 Å². The maximum Gasteiger partial charge on any atom is 0.240 e. The molecule has 2 N–H and O–H groups in total. The number of ether oxygens (including phenoxy) is 2. The summed E-state index contributed by atoms with van der Waals surface area (Å²) in [7, 11) is 0. The molecule has 2 aromatic rings. The van der Waals surface area contributed by atoms with Crippen molar-refractivity contribution in [2.75, 3.05) is 12.3 Å². The van der Waals surface area contributed by atoms with E-state index in [4.69, 9.17) is 15.2 Å². The monoisotopic (exact) mass is 294 g/mol. The van der Waals surface area contributed by atoms with Crippen molar-refractivity contribution in [3.05, 3.63) is 42.0 Å². The average Bonchev–Trinajstić information content (AvgIpc) is 2.43. The van der Waals surface area contributed by atoms with Crippen molar-refractivity contribution in [3.63, 3.8) is 0 Å². The van der Waals surface area contributed by atoms with Crippen molar-refractivity contribution in [1.29, 1.82) is 0 Å². The molecule has 21 heavy (non-hydrogen) atoms. The van der Waals surface area contributed by atoms with Gasteiger partial charge in [-0.1, -0.05) is 13.8 Å². The van der Waals surface area contributed by atoms with Crippen LogP contribution >= 0.6 is 0 Å². The third-order valence-electron chi connectivity index (χ3n) is 2.53. The van der Waals surface area contributed by atoms with Crippen LogP contribution < -0.4 is 15.2 Å². The van der Waals surface area contributed by atoms with Crippen molar-refractivity contribution < 1.29 is 18.3 Å². The summed E-state index contributed by atoms with van der Waals surface area (Å²) in [5.74, 6) is -1.02. The number of anilines is 1. The standard InChI is InChI=1S/C15H16F2N2O2/c1-9(2)8-20-15-13(18)5-6-14(19-15)21-10-3-4-11(16)12(17)7-10/h3-7,9H,8,18H2,1-2H3. The first-order valence-corrected chi connectivity index (χ1v) is 6.48. The highest BCUT2D eigenvalue weighted by Crippen LogP contribution is 2.27. The molecule has 0 saturated carbocycles. The highest BCUT2D eigenvalue weighted by Gasteiger charge is 2.09. The molecule has 0 unspecified atom stereocenters. The molecule has 6 heteroatoms. The fourth-order valence-corrected chi connectivity index (χ4v) is 1.51. The maximum absolute atomic E-state index is 13.1. The third kappa shape index (κ3) is 4.05. The van der Waals surface area contributed by atoms with E-state index in [1.807, 2.05) is 13.8 Å². The fraction of sp³-hybridized carbons (Fsp3) is 0.267. The van der Waals surface area contributed by atoms with Crippen LogP contribution in [0.15, 0.2) is 30.3 Å². The summed E-state index contributed by atoms with van der Waals surface area (Å²) in [4.78, 5) is 4.11. The maximum atomic E-state index is 13.1. The Bertz CT molecular complexity index is 633. The molecule has 112 valence electrons. The lowest BCUT2D eigenvalue weighted by molar-refractivity contribution is 0.260. The molecule has 1 heterocycles. The number of hydrogen-bond acceptors (Lipinski definition) is 4. The van der Waals surface area contributed by atoms with E-state index < -0.39 is 11.6 Å². The second kappa shape index (κ2) is 6.39. The van der Waals surface area contributed by atoms with Crippen molar-refractivity contribution in [3.8, 4) is 17.5 Å². The van der Waals surface area contributed by atoms with Gasteiger partial charge < -0.3 is 15.2 Å². The Morgan fingerprint density at radius 2 is 1.90 bits per heavy atom. The SMILES string of the molecule is CC(C)COc1nc(Oc2ccc(F)c(F)c2)ccc1N. The molecule has 0 bridgehead atoms. The molecule has 0 radical (unpaired) electrons. The molecular weight excluding hydrogens is 278 g/mol. The largest absolute Gasteiger partial charge is 0.476 e. The van der Waals surface area contributed by atoms with E-state index >= 15 is 0 Å². The Morgan fingerprint density at radius 3 is 2.57 bits per heavy atom. The molecule has 0 fully saturated rings. The van der Waals surface area contributed by atoms with E-state index in [1.54, 1.807) is 6.07 Å². The minimum absolute atomic E-state index is 0.140. The molecule has 0 aliphatic carbocycles. The topological polar surface area (TPSA) is 57.4 Å². The van der Waals surface area contributed by atoms with Gasteiger partial charge in [0.2, 0.25) is 11.8 Å². The summed E-state index contributed by atoms with van der Waals surface area (Å²) in [5, 5.41) is 0. The average molecular weight is 294 g/mol. The zero-order chi connectivity index (χ0) is 15.4. The minimum Gasteiger partial charge on any atom is -0.476 e. The number of benzene rings is 1. The number of halogens is 2. The minimum atomic E-state index is -0.987. The molecule has 0 amide bonds. The van der Waals surface area contributed by atoms with Gasteiger partial charge in [-0.25, -0.2) is 8.78 Å². The molecule has 1 aromatic carbocycles. The van der Waals surface area contributed by atoms with Crippen LogP contribution in [-0.2, 0) is 0 Å². The predicted molar refractivity (Wildman–Crippen MR) is 75.4 cm³/mol. The number of pyridine rings is 1. The van der Waals surface area contributed by atoms with Gasteiger partial charge in [-0.2, -0.15) is 4.98 Å². The van der Waals surface area contributed by atoms with Gasteiger partial charge in [-0.05, 0) is 24.1 Å². The number of hydrogen-bond donors (Lipinski definition) is 1. The normalized spacial score (nSPS) is 10.7. The van der Waals surface area contributed by atoms with Gasteiger partial charge >= 0.3 is 0 Å². The summed E-state index contributed by atoms with van der Waals surface area (Å²) in [5.41, 5.74) is 6.14. The molecule has 2 rings (SSSR count). The van der Waals surface area contributed by atoms with E-state index in [0.29, 0.717) is 18.2 Å². The zero-order valence-electron chi connectivity index (χ0n) is 11.8. The molecule has 0 aliphatic heterocycles. The lowest BCUT2D eigenvalue weighted by atomic mass is 10.2. The lowest BCUT2D eigenvalue weighted by Crippen LogP contribution is -2.07. The first-order chi connectivity index (χ1) is 9.95. The Balaban J connectivity index is 2.16. The van der Waals surface area contributed by atoms with Gasteiger partial charge in [0.25, 0.3) is 0 Å². The van der Waals surface area contributed by atoms with Gasteiger partial charge in [0, 0.05) is 12.1 Å². The van der Waals surface area contributed by atoms with Crippen LogP contribution in [0.3, 0.4) is 0 Å². The quantitative estimate of drug-likeness (QED) is 0.912. The first kappa shape index (κ1) is 15.0. The molecule has 0 aliphatic rings. The van der Waals surface area contributed by atoms with Gasteiger partial charge in [0.05, 0.1) is 12.3 Å². The summed E-state index contributed by atoms with van der Waals surface area (Å²) >= 11 is 0. The molecule has 0 spiro atoms.